The summed E-state index contributed by atoms with van der Waals surface area (Å²) in [5.41, 5.74) is 0. The molecule has 2 nitrogen and oxygen atoms in total. The van der Waals surface area contributed by atoms with E-state index in [1.54, 1.807) is 0 Å². The van der Waals surface area contributed by atoms with Gasteiger partial charge in [0.1, 0.15) is 0 Å². The fourth-order valence-corrected chi connectivity index (χ4v) is 3.26. The molecule has 1 saturated heterocycles. The first-order valence-electron chi connectivity index (χ1n) is 5.64. The molecule has 1 N–H and O–H groups in total. The predicted molar refractivity (Wildman–Crippen MR) is 64.4 cm³/mol. The van der Waals surface area contributed by atoms with Gasteiger partial charge in [-0.15, -0.1) is 11.3 Å². The molecule has 84 valence electrons. The third-order valence-electron chi connectivity index (χ3n) is 2.95. The molecular weight excluding hydrogens is 206 g/mol. The summed E-state index contributed by atoms with van der Waals surface area (Å²) >= 11 is 1.87. The van der Waals surface area contributed by atoms with Gasteiger partial charge in [-0.05, 0) is 38.9 Å². The van der Waals surface area contributed by atoms with Gasteiger partial charge in [-0.1, -0.05) is 0 Å². The third kappa shape index (κ3) is 2.60. The van der Waals surface area contributed by atoms with Crippen molar-refractivity contribution < 1.29 is 4.74 Å². The first-order chi connectivity index (χ1) is 7.31. The van der Waals surface area contributed by atoms with Crippen molar-refractivity contribution >= 4 is 11.3 Å². The zero-order valence-corrected chi connectivity index (χ0v) is 10.3. The Kier molecular flexibility index (Phi) is 3.78. The second-order valence-electron chi connectivity index (χ2n) is 4.20. The summed E-state index contributed by atoms with van der Waals surface area (Å²) in [5, 5.41) is 3.27. The Morgan fingerprint density at radius 3 is 3.07 bits per heavy atom. The molecule has 0 radical (unpaired) electrons. The monoisotopic (exact) mass is 225 g/mol. The molecule has 3 heteroatoms. The molecular formula is C12H19NOS. The average Bonchev–Trinajstić information content (AvgIpc) is 2.66. The van der Waals surface area contributed by atoms with Crippen LogP contribution in [0.25, 0.3) is 0 Å². The van der Waals surface area contributed by atoms with Gasteiger partial charge in [0.15, 0.2) is 0 Å². The molecule has 0 spiro atoms. The lowest BCUT2D eigenvalue weighted by molar-refractivity contribution is -0.0250. The summed E-state index contributed by atoms with van der Waals surface area (Å²) < 4.78 is 5.91. The standard InChI is InChI=1S/C12H19NOS/c1-9-5-6-11(15-9)12-10(8-13-2)4-3-7-14-12/h5-6,10,12-13H,3-4,7-8H2,1-2H3. The van der Waals surface area contributed by atoms with Crippen molar-refractivity contribution in [3.8, 4) is 0 Å². The Morgan fingerprint density at radius 1 is 1.53 bits per heavy atom. The number of nitrogens with one attached hydrogen (secondary N) is 1. The van der Waals surface area contributed by atoms with E-state index in [0.29, 0.717) is 12.0 Å². The fourth-order valence-electron chi connectivity index (χ4n) is 2.24. The first-order valence-corrected chi connectivity index (χ1v) is 6.45. The van der Waals surface area contributed by atoms with Crippen LogP contribution in [0.5, 0.6) is 0 Å². The highest BCUT2D eigenvalue weighted by Gasteiger charge is 2.27. The molecule has 2 unspecified atom stereocenters. The Labute approximate surface area is 95.6 Å². The molecule has 1 fully saturated rings. The largest absolute Gasteiger partial charge is 0.372 e. The lowest BCUT2D eigenvalue weighted by Crippen LogP contribution is -2.29. The number of hydrogen-bond acceptors (Lipinski definition) is 3. The fraction of sp³-hybridized carbons (Fsp3) is 0.667. The van der Waals surface area contributed by atoms with Crippen molar-refractivity contribution in [2.45, 2.75) is 25.9 Å². The molecule has 0 aromatic carbocycles. The van der Waals surface area contributed by atoms with Gasteiger partial charge < -0.3 is 10.1 Å². The Balaban J connectivity index is 2.10. The highest BCUT2D eigenvalue weighted by Crippen LogP contribution is 2.36. The van der Waals surface area contributed by atoms with E-state index in [4.69, 9.17) is 4.74 Å². The summed E-state index contributed by atoms with van der Waals surface area (Å²) in [4.78, 5) is 2.77. The predicted octanol–water partition coefficient (Wildman–Crippen LogP) is 2.74. The second-order valence-corrected chi connectivity index (χ2v) is 5.52. The van der Waals surface area contributed by atoms with E-state index in [2.05, 4.69) is 24.4 Å². The van der Waals surface area contributed by atoms with Crippen molar-refractivity contribution in [3.63, 3.8) is 0 Å². The summed E-state index contributed by atoms with van der Waals surface area (Å²) in [6, 6.07) is 4.41. The van der Waals surface area contributed by atoms with Crippen molar-refractivity contribution in [1.29, 1.82) is 0 Å². The molecule has 0 amide bonds. The van der Waals surface area contributed by atoms with Crippen molar-refractivity contribution in [2.24, 2.45) is 5.92 Å². The molecule has 0 bridgehead atoms. The summed E-state index contributed by atoms with van der Waals surface area (Å²) in [5.74, 6) is 0.641. The molecule has 2 rings (SSSR count). The topological polar surface area (TPSA) is 21.3 Å². The number of aryl methyl sites for hydroxylation is 1. The van der Waals surface area contributed by atoms with E-state index in [9.17, 15) is 0 Å². The summed E-state index contributed by atoms with van der Waals surface area (Å²) in [6.07, 6.45) is 2.81. The Bertz CT molecular complexity index is 308. The van der Waals surface area contributed by atoms with Gasteiger partial charge in [0.05, 0.1) is 6.10 Å². The molecule has 1 aliphatic heterocycles. The third-order valence-corrected chi connectivity index (χ3v) is 4.01. The summed E-state index contributed by atoms with van der Waals surface area (Å²) in [6.45, 7) is 4.13. The minimum absolute atomic E-state index is 0.324. The van der Waals surface area contributed by atoms with Gasteiger partial charge >= 0.3 is 0 Å². The van der Waals surface area contributed by atoms with Crippen LogP contribution in [0.1, 0.15) is 28.7 Å². The van der Waals surface area contributed by atoms with Gasteiger partial charge in [-0.3, -0.25) is 0 Å². The van der Waals surface area contributed by atoms with E-state index in [1.807, 2.05) is 18.4 Å². The molecule has 2 heterocycles. The lowest BCUT2D eigenvalue weighted by Gasteiger charge is -2.31. The Morgan fingerprint density at radius 2 is 2.40 bits per heavy atom. The van der Waals surface area contributed by atoms with Crippen LogP contribution in [-0.2, 0) is 4.74 Å². The van der Waals surface area contributed by atoms with Gasteiger partial charge in [-0.25, -0.2) is 0 Å². The quantitative estimate of drug-likeness (QED) is 0.854. The highest BCUT2D eigenvalue weighted by atomic mass is 32.1. The maximum Gasteiger partial charge on any atom is 0.0956 e. The van der Waals surface area contributed by atoms with Gasteiger partial charge in [0, 0.05) is 28.8 Å². The lowest BCUT2D eigenvalue weighted by atomic mass is 9.93. The zero-order chi connectivity index (χ0) is 10.7. The molecule has 2 atom stereocenters. The van der Waals surface area contributed by atoms with E-state index < -0.39 is 0 Å². The van der Waals surface area contributed by atoms with Crippen molar-refractivity contribution in [3.05, 3.63) is 21.9 Å². The van der Waals surface area contributed by atoms with Gasteiger partial charge in [0.25, 0.3) is 0 Å². The van der Waals surface area contributed by atoms with Crippen LogP contribution in [0, 0.1) is 12.8 Å². The van der Waals surface area contributed by atoms with Crippen LogP contribution in [0.15, 0.2) is 12.1 Å². The van der Waals surface area contributed by atoms with Crippen LogP contribution < -0.4 is 5.32 Å². The number of ether oxygens (including phenoxy) is 1. The molecule has 0 aliphatic carbocycles. The van der Waals surface area contributed by atoms with Crippen LogP contribution >= 0.6 is 11.3 Å². The molecule has 1 aliphatic rings. The van der Waals surface area contributed by atoms with Crippen LogP contribution in [0.3, 0.4) is 0 Å². The minimum Gasteiger partial charge on any atom is -0.372 e. The van der Waals surface area contributed by atoms with E-state index in [1.165, 1.54) is 22.6 Å². The van der Waals surface area contributed by atoms with Gasteiger partial charge in [0.2, 0.25) is 0 Å². The number of hydrogen-bond donors (Lipinski definition) is 1. The van der Waals surface area contributed by atoms with Crippen LogP contribution in [0.4, 0.5) is 0 Å². The summed E-state index contributed by atoms with van der Waals surface area (Å²) in [7, 11) is 2.02. The first kappa shape index (κ1) is 11.1. The Hall–Kier alpha value is -0.380. The maximum atomic E-state index is 5.91. The van der Waals surface area contributed by atoms with Crippen molar-refractivity contribution in [2.75, 3.05) is 20.2 Å². The second kappa shape index (κ2) is 5.10. The SMILES string of the molecule is CNCC1CCCOC1c1ccc(C)s1. The molecule has 1 aromatic heterocycles. The van der Waals surface area contributed by atoms with E-state index in [-0.39, 0.29) is 0 Å². The zero-order valence-electron chi connectivity index (χ0n) is 9.45. The molecule has 1 aromatic rings. The van der Waals surface area contributed by atoms with Gasteiger partial charge in [-0.2, -0.15) is 0 Å². The number of thiophene rings is 1. The number of rotatable bonds is 3. The van der Waals surface area contributed by atoms with E-state index >= 15 is 0 Å². The average molecular weight is 225 g/mol. The minimum atomic E-state index is 0.324. The van der Waals surface area contributed by atoms with Crippen molar-refractivity contribution in [1.82, 2.24) is 5.32 Å². The van der Waals surface area contributed by atoms with Crippen LogP contribution in [0.2, 0.25) is 0 Å². The van der Waals surface area contributed by atoms with E-state index in [0.717, 1.165) is 13.2 Å². The normalized spacial score (nSPS) is 26.8. The highest BCUT2D eigenvalue weighted by molar-refractivity contribution is 7.12. The molecule has 15 heavy (non-hydrogen) atoms. The van der Waals surface area contributed by atoms with Crippen LogP contribution in [-0.4, -0.2) is 20.2 Å². The molecule has 0 saturated carbocycles. The maximum absolute atomic E-state index is 5.91. The smallest absolute Gasteiger partial charge is 0.0956 e.